The minimum Gasteiger partial charge on any atom is -0.481 e. The highest BCUT2D eigenvalue weighted by Crippen LogP contribution is 2.23. The van der Waals surface area contributed by atoms with E-state index in [0.29, 0.717) is 0 Å². The number of aliphatic carboxylic acids is 1. The van der Waals surface area contributed by atoms with Crippen molar-refractivity contribution in [3.05, 3.63) is 0 Å². The van der Waals surface area contributed by atoms with Gasteiger partial charge in [-0.2, -0.15) is 0 Å². The molecule has 0 amide bonds. The topological polar surface area (TPSA) is 177 Å². The second-order valence-corrected chi connectivity index (χ2v) is 4.72. The molecule has 10 heteroatoms. The van der Waals surface area contributed by atoms with Gasteiger partial charge in [-0.25, -0.2) is 0 Å². The summed E-state index contributed by atoms with van der Waals surface area (Å²) in [7, 11) is 0. The number of hydrogen-bond donors (Lipinski definition) is 7. The van der Waals surface area contributed by atoms with Gasteiger partial charge in [0, 0.05) is 0 Å². The third kappa shape index (κ3) is 4.56. The van der Waals surface area contributed by atoms with Crippen LogP contribution in [0.15, 0.2) is 0 Å². The summed E-state index contributed by atoms with van der Waals surface area (Å²) in [5, 5.41) is 65.0. The number of carboxylic acid groups (broad SMARTS) is 1. The zero-order chi connectivity index (χ0) is 16.2. The van der Waals surface area contributed by atoms with Crippen molar-refractivity contribution in [1.29, 1.82) is 0 Å². The first-order valence-electron chi connectivity index (χ1n) is 6.28. The highest BCUT2D eigenvalue weighted by Gasteiger charge is 2.45. The van der Waals surface area contributed by atoms with Crippen LogP contribution in [-0.4, -0.2) is 97.8 Å². The number of aliphatic hydroxyl groups is 6. The largest absolute Gasteiger partial charge is 0.481 e. The Hall–Kier alpha value is -0.850. The lowest BCUT2D eigenvalue weighted by atomic mass is 9.99. The molecule has 124 valence electrons. The van der Waals surface area contributed by atoms with E-state index in [1.54, 1.807) is 0 Å². The van der Waals surface area contributed by atoms with Crippen LogP contribution >= 0.6 is 0 Å². The molecule has 0 bridgehead atoms. The molecule has 7 N–H and O–H groups in total. The first-order valence-corrected chi connectivity index (χ1v) is 6.28. The number of rotatable bonds is 7. The van der Waals surface area contributed by atoms with E-state index in [1.165, 1.54) is 0 Å². The molecule has 1 aliphatic rings. The highest BCUT2D eigenvalue weighted by atomic mass is 16.7. The maximum atomic E-state index is 10.5. The fourth-order valence-corrected chi connectivity index (χ4v) is 1.92. The molecule has 10 nitrogen and oxygen atoms in total. The lowest BCUT2D eigenvalue weighted by Crippen LogP contribution is -2.60. The molecule has 0 aromatic carbocycles. The summed E-state index contributed by atoms with van der Waals surface area (Å²) in [5.41, 5.74) is 0. The van der Waals surface area contributed by atoms with Crippen molar-refractivity contribution in [2.24, 2.45) is 0 Å². The molecular formula is C11H20O10. The molecule has 0 saturated carbocycles. The van der Waals surface area contributed by atoms with Crippen molar-refractivity contribution in [1.82, 2.24) is 0 Å². The Kier molecular flexibility index (Phi) is 6.90. The number of carboxylic acids is 1. The first kappa shape index (κ1) is 18.2. The van der Waals surface area contributed by atoms with Crippen LogP contribution in [0, 0.1) is 0 Å². The van der Waals surface area contributed by atoms with E-state index in [2.05, 4.69) is 0 Å². The molecular weight excluding hydrogens is 292 g/mol. The van der Waals surface area contributed by atoms with Gasteiger partial charge in [-0.15, -0.1) is 0 Å². The predicted octanol–water partition coefficient (Wildman–Crippen LogP) is -4.00. The Morgan fingerprint density at radius 1 is 1.14 bits per heavy atom. The van der Waals surface area contributed by atoms with Gasteiger partial charge in [0.15, 0.2) is 6.29 Å². The van der Waals surface area contributed by atoms with Crippen LogP contribution in [0.5, 0.6) is 0 Å². The van der Waals surface area contributed by atoms with Gasteiger partial charge >= 0.3 is 5.97 Å². The maximum absolute atomic E-state index is 10.5. The minimum atomic E-state index is -1.70. The van der Waals surface area contributed by atoms with Crippen molar-refractivity contribution >= 4 is 5.97 Å². The zero-order valence-corrected chi connectivity index (χ0v) is 11.0. The van der Waals surface area contributed by atoms with Crippen molar-refractivity contribution in [2.75, 3.05) is 13.2 Å². The molecule has 1 fully saturated rings. The number of hydrogen-bond acceptors (Lipinski definition) is 9. The normalized spacial score (nSPS) is 36.2. The van der Waals surface area contributed by atoms with Crippen molar-refractivity contribution in [3.63, 3.8) is 0 Å². The lowest BCUT2D eigenvalue weighted by Gasteiger charge is -2.41. The fourth-order valence-electron chi connectivity index (χ4n) is 1.92. The Labute approximate surface area is 119 Å². The third-order valence-electron chi connectivity index (χ3n) is 3.15. The highest BCUT2D eigenvalue weighted by molar-refractivity contribution is 5.67. The minimum absolute atomic E-state index is 0.660. The average Bonchev–Trinajstić information content (AvgIpc) is 2.43. The third-order valence-corrected chi connectivity index (χ3v) is 3.15. The maximum Gasteiger partial charge on any atom is 0.306 e. The Morgan fingerprint density at radius 2 is 1.76 bits per heavy atom. The van der Waals surface area contributed by atoms with E-state index in [-0.39, 0.29) is 0 Å². The van der Waals surface area contributed by atoms with Gasteiger partial charge in [-0.05, 0) is 0 Å². The second-order valence-electron chi connectivity index (χ2n) is 4.72. The summed E-state index contributed by atoms with van der Waals surface area (Å²) in [6, 6.07) is 0. The molecule has 0 radical (unpaired) electrons. The van der Waals surface area contributed by atoms with Crippen molar-refractivity contribution in [3.8, 4) is 0 Å². The van der Waals surface area contributed by atoms with Crippen LogP contribution in [0.3, 0.4) is 0 Å². The van der Waals surface area contributed by atoms with Crippen LogP contribution in [-0.2, 0) is 14.3 Å². The Morgan fingerprint density at radius 3 is 2.24 bits per heavy atom. The fraction of sp³-hybridized carbons (Fsp3) is 0.909. The SMILES string of the molecule is O=C(O)C[C@@H](O)[C@H](CO)O[C@H]1O[C@H](CO)[C@@H](O)[C@H](O)[C@@H]1O. The van der Waals surface area contributed by atoms with E-state index in [9.17, 15) is 25.2 Å². The summed E-state index contributed by atoms with van der Waals surface area (Å²) in [6.45, 7) is -1.42. The predicted molar refractivity (Wildman–Crippen MR) is 64.0 cm³/mol. The first-order chi connectivity index (χ1) is 9.81. The molecule has 0 unspecified atom stereocenters. The van der Waals surface area contributed by atoms with Crippen LogP contribution in [0.2, 0.25) is 0 Å². The molecule has 21 heavy (non-hydrogen) atoms. The van der Waals surface area contributed by atoms with Gasteiger partial charge in [0.05, 0.1) is 25.7 Å². The van der Waals surface area contributed by atoms with E-state index in [4.69, 9.17) is 24.8 Å². The summed E-state index contributed by atoms with van der Waals surface area (Å²) in [4.78, 5) is 10.5. The van der Waals surface area contributed by atoms with Crippen LogP contribution in [0.25, 0.3) is 0 Å². The number of ether oxygens (including phenoxy) is 2. The average molecular weight is 312 g/mol. The molecule has 0 spiro atoms. The monoisotopic (exact) mass is 312 g/mol. The van der Waals surface area contributed by atoms with Gasteiger partial charge in [0.1, 0.15) is 30.5 Å². The van der Waals surface area contributed by atoms with Crippen LogP contribution in [0.1, 0.15) is 6.42 Å². The molecule has 0 aliphatic carbocycles. The molecule has 7 atom stereocenters. The second kappa shape index (κ2) is 7.96. The smallest absolute Gasteiger partial charge is 0.306 e. The molecule has 0 aromatic heterocycles. The van der Waals surface area contributed by atoms with E-state index < -0.39 is 68.5 Å². The van der Waals surface area contributed by atoms with Gasteiger partial charge in [-0.3, -0.25) is 4.79 Å². The van der Waals surface area contributed by atoms with E-state index in [1.807, 2.05) is 0 Å². The van der Waals surface area contributed by atoms with Gasteiger partial charge in [-0.1, -0.05) is 0 Å². The number of aliphatic hydroxyl groups excluding tert-OH is 6. The zero-order valence-electron chi connectivity index (χ0n) is 11.0. The van der Waals surface area contributed by atoms with Crippen molar-refractivity contribution in [2.45, 2.75) is 49.3 Å². The molecule has 1 aliphatic heterocycles. The summed E-state index contributed by atoms with van der Waals surface area (Å²) < 4.78 is 10.1. The molecule has 1 heterocycles. The van der Waals surface area contributed by atoms with E-state index >= 15 is 0 Å². The Bertz CT molecular complexity index is 335. The quantitative estimate of drug-likeness (QED) is 0.245. The molecule has 1 saturated heterocycles. The Balaban J connectivity index is 2.71. The summed E-state index contributed by atoms with van der Waals surface area (Å²) in [5.74, 6) is -1.32. The standard InChI is InChI=1S/C11H20O10/c12-2-5(4(14)1-7(15)16)20-11-10(19)9(18)8(17)6(3-13)21-11/h4-6,8-14,17-19H,1-3H2,(H,15,16)/t4-,5+,6-,8-,9+,10+,11+/m1/s1. The molecule has 0 aromatic rings. The lowest BCUT2D eigenvalue weighted by molar-refractivity contribution is -0.319. The summed E-state index contributed by atoms with van der Waals surface area (Å²) in [6.07, 6.45) is -11.4. The van der Waals surface area contributed by atoms with E-state index in [0.717, 1.165) is 0 Å². The van der Waals surface area contributed by atoms with Crippen LogP contribution < -0.4 is 0 Å². The summed E-state index contributed by atoms with van der Waals surface area (Å²) >= 11 is 0. The van der Waals surface area contributed by atoms with Crippen molar-refractivity contribution < 1.29 is 50.0 Å². The number of carbonyl (C=O) groups is 1. The van der Waals surface area contributed by atoms with Crippen LogP contribution in [0.4, 0.5) is 0 Å². The van der Waals surface area contributed by atoms with Gasteiger partial charge < -0.3 is 45.2 Å². The van der Waals surface area contributed by atoms with Gasteiger partial charge in [0.2, 0.25) is 0 Å². The molecule has 1 rings (SSSR count). The van der Waals surface area contributed by atoms with Gasteiger partial charge in [0.25, 0.3) is 0 Å².